The molecule has 0 aliphatic heterocycles. The molecule has 0 saturated carbocycles. The van der Waals surface area contributed by atoms with Gasteiger partial charge in [0.2, 0.25) is 0 Å². The smallest absolute Gasteiger partial charge is 0.338 e. The summed E-state index contributed by atoms with van der Waals surface area (Å²) in [7, 11) is 0. The van der Waals surface area contributed by atoms with E-state index in [-0.39, 0.29) is 5.97 Å². The molecule has 0 saturated heterocycles. The number of hydrogen-bond donors (Lipinski definition) is 0. The van der Waals surface area contributed by atoms with Crippen LogP contribution in [-0.2, 0) is 4.74 Å². The topological polar surface area (TPSA) is 38.8 Å². The Kier molecular flexibility index (Phi) is 8.69. The summed E-state index contributed by atoms with van der Waals surface area (Å²) in [6.45, 7) is 8.44. The second-order valence-corrected chi connectivity index (χ2v) is 6.51. The molecule has 27 heavy (non-hydrogen) atoms. The molecule has 4 nitrogen and oxygen atoms in total. The first kappa shape index (κ1) is 20.8. The maximum Gasteiger partial charge on any atom is 0.338 e. The van der Waals surface area contributed by atoms with Crippen LogP contribution < -0.4 is 9.64 Å². The van der Waals surface area contributed by atoms with Crippen molar-refractivity contribution in [1.82, 2.24) is 0 Å². The van der Waals surface area contributed by atoms with Crippen LogP contribution >= 0.6 is 0 Å². The van der Waals surface area contributed by atoms with Crippen molar-refractivity contribution in [3.8, 4) is 11.5 Å². The molecule has 0 unspecified atom stereocenters. The maximum absolute atomic E-state index is 12.2. The van der Waals surface area contributed by atoms with Crippen LogP contribution in [0.1, 0.15) is 56.8 Å². The number of rotatable bonds is 11. The summed E-state index contributed by atoms with van der Waals surface area (Å²) in [6, 6.07) is 15.3. The third-order valence-electron chi connectivity index (χ3n) is 4.34. The molecule has 0 atom stereocenters. The molecule has 0 spiro atoms. The van der Waals surface area contributed by atoms with E-state index in [1.165, 1.54) is 0 Å². The van der Waals surface area contributed by atoms with Gasteiger partial charge in [-0.25, -0.2) is 4.79 Å². The lowest BCUT2D eigenvalue weighted by Crippen LogP contribution is -2.26. The molecule has 0 amide bonds. The number of hydrogen-bond acceptors (Lipinski definition) is 4. The minimum Gasteiger partial charge on any atom is -0.462 e. The van der Waals surface area contributed by atoms with E-state index in [9.17, 15) is 4.79 Å². The largest absolute Gasteiger partial charge is 0.462 e. The van der Waals surface area contributed by atoms with Gasteiger partial charge in [0, 0.05) is 13.1 Å². The summed E-state index contributed by atoms with van der Waals surface area (Å²) >= 11 is 0. The number of benzene rings is 2. The monoisotopic (exact) mass is 369 g/mol. The molecular weight excluding hydrogens is 338 g/mol. The van der Waals surface area contributed by atoms with Crippen molar-refractivity contribution >= 4 is 11.7 Å². The van der Waals surface area contributed by atoms with E-state index >= 15 is 0 Å². The minimum atomic E-state index is -0.295. The average Bonchev–Trinajstić information content (AvgIpc) is 2.69. The first-order valence-corrected chi connectivity index (χ1v) is 9.98. The summed E-state index contributed by atoms with van der Waals surface area (Å²) in [5, 5.41) is 0. The van der Waals surface area contributed by atoms with Gasteiger partial charge in [0.15, 0.2) is 5.75 Å². The van der Waals surface area contributed by atoms with Crippen molar-refractivity contribution in [3.63, 3.8) is 0 Å². The summed E-state index contributed by atoms with van der Waals surface area (Å²) in [5.41, 5.74) is 1.51. The van der Waals surface area contributed by atoms with E-state index in [1.807, 2.05) is 49.4 Å². The van der Waals surface area contributed by atoms with Crippen LogP contribution in [0, 0.1) is 0 Å². The normalized spacial score (nSPS) is 10.5. The van der Waals surface area contributed by atoms with E-state index in [0.29, 0.717) is 12.2 Å². The van der Waals surface area contributed by atoms with E-state index in [2.05, 4.69) is 18.7 Å². The molecule has 0 bridgehead atoms. The van der Waals surface area contributed by atoms with Gasteiger partial charge in [-0.1, -0.05) is 44.9 Å². The molecule has 0 radical (unpaired) electrons. The van der Waals surface area contributed by atoms with E-state index < -0.39 is 0 Å². The van der Waals surface area contributed by atoms with E-state index in [0.717, 1.165) is 56.0 Å². The highest BCUT2D eigenvalue weighted by Crippen LogP contribution is 2.34. The Morgan fingerprint density at radius 2 is 1.59 bits per heavy atom. The average molecular weight is 370 g/mol. The van der Waals surface area contributed by atoms with Crippen LogP contribution in [0.2, 0.25) is 0 Å². The summed E-state index contributed by atoms with van der Waals surface area (Å²) < 4.78 is 11.3. The van der Waals surface area contributed by atoms with Crippen molar-refractivity contribution in [2.75, 3.05) is 24.6 Å². The standard InChI is InChI=1S/C23H31NO3/c1-4-7-16-24(17-8-5-2)21-18-19(23(25)26-6-3)14-15-22(21)27-20-12-10-9-11-13-20/h9-15,18H,4-8,16-17H2,1-3H3. The Labute approximate surface area is 163 Å². The second kappa shape index (κ2) is 11.3. The van der Waals surface area contributed by atoms with E-state index in [1.54, 1.807) is 6.07 Å². The summed E-state index contributed by atoms with van der Waals surface area (Å²) in [5.74, 6) is 1.26. The number of unbranched alkanes of at least 4 members (excludes halogenated alkanes) is 2. The molecular formula is C23H31NO3. The molecule has 2 rings (SSSR count). The Morgan fingerprint density at radius 1 is 0.926 bits per heavy atom. The first-order chi connectivity index (χ1) is 13.2. The van der Waals surface area contributed by atoms with Crippen molar-refractivity contribution in [2.24, 2.45) is 0 Å². The van der Waals surface area contributed by atoms with Gasteiger partial charge in [-0.05, 0) is 50.1 Å². The molecule has 0 N–H and O–H groups in total. The van der Waals surface area contributed by atoms with Crippen LogP contribution in [0.4, 0.5) is 5.69 Å². The fourth-order valence-electron chi connectivity index (χ4n) is 2.86. The van der Waals surface area contributed by atoms with Crippen LogP contribution in [-0.4, -0.2) is 25.7 Å². The number of ether oxygens (including phenoxy) is 2. The number of carbonyl (C=O) groups is 1. The quantitative estimate of drug-likeness (QED) is 0.451. The Balaban J connectivity index is 2.39. The van der Waals surface area contributed by atoms with Gasteiger partial charge in [-0.15, -0.1) is 0 Å². The number of esters is 1. The van der Waals surface area contributed by atoms with Crippen LogP contribution in [0.25, 0.3) is 0 Å². The lowest BCUT2D eigenvalue weighted by atomic mass is 10.1. The van der Waals surface area contributed by atoms with Crippen molar-refractivity contribution < 1.29 is 14.3 Å². The zero-order valence-electron chi connectivity index (χ0n) is 16.7. The van der Waals surface area contributed by atoms with Crippen molar-refractivity contribution in [3.05, 3.63) is 54.1 Å². The SMILES string of the molecule is CCCCN(CCCC)c1cc(C(=O)OCC)ccc1Oc1ccccc1. The van der Waals surface area contributed by atoms with Crippen LogP contribution in [0.5, 0.6) is 11.5 Å². The zero-order chi connectivity index (χ0) is 19.5. The minimum absolute atomic E-state index is 0.295. The van der Waals surface area contributed by atoms with Gasteiger partial charge in [0.1, 0.15) is 5.75 Å². The molecule has 2 aromatic carbocycles. The van der Waals surface area contributed by atoms with Crippen LogP contribution in [0.3, 0.4) is 0 Å². The van der Waals surface area contributed by atoms with Gasteiger partial charge < -0.3 is 14.4 Å². The third kappa shape index (κ3) is 6.31. The highest BCUT2D eigenvalue weighted by molar-refractivity contribution is 5.91. The first-order valence-electron chi connectivity index (χ1n) is 9.98. The third-order valence-corrected chi connectivity index (χ3v) is 4.34. The summed E-state index contributed by atoms with van der Waals surface area (Å²) in [4.78, 5) is 14.6. The van der Waals surface area contributed by atoms with Gasteiger partial charge in [-0.2, -0.15) is 0 Å². The lowest BCUT2D eigenvalue weighted by Gasteiger charge is -2.27. The van der Waals surface area contributed by atoms with Gasteiger partial charge >= 0.3 is 5.97 Å². The highest BCUT2D eigenvalue weighted by Gasteiger charge is 2.17. The Bertz CT molecular complexity index is 692. The Morgan fingerprint density at radius 3 is 2.19 bits per heavy atom. The van der Waals surface area contributed by atoms with Gasteiger partial charge in [-0.3, -0.25) is 0 Å². The molecule has 0 aliphatic rings. The maximum atomic E-state index is 12.2. The fourth-order valence-corrected chi connectivity index (χ4v) is 2.86. The zero-order valence-corrected chi connectivity index (χ0v) is 16.7. The summed E-state index contributed by atoms with van der Waals surface area (Å²) in [6.07, 6.45) is 4.43. The second-order valence-electron chi connectivity index (χ2n) is 6.51. The molecule has 0 heterocycles. The lowest BCUT2D eigenvalue weighted by molar-refractivity contribution is 0.0526. The molecule has 2 aromatic rings. The number of nitrogens with zero attached hydrogens (tertiary/aromatic N) is 1. The number of anilines is 1. The molecule has 0 aromatic heterocycles. The fraction of sp³-hybridized carbons (Fsp3) is 0.435. The van der Waals surface area contributed by atoms with Crippen molar-refractivity contribution in [2.45, 2.75) is 46.5 Å². The van der Waals surface area contributed by atoms with Crippen molar-refractivity contribution in [1.29, 1.82) is 0 Å². The predicted molar refractivity (Wildman–Crippen MR) is 111 cm³/mol. The molecule has 0 fully saturated rings. The molecule has 4 heteroatoms. The number of carbonyl (C=O) groups excluding carboxylic acids is 1. The van der Waals surface area contributed by atoms with Crippen LogP contribution in [0.15, 0.2) is 48.5 Å². The van der Waals surface area contributed by atoms with E-state index in [4.69, 9.17) is 9.47 Å². The molecule has 0 aliphatic carbocycles. The Hall–Kier alpha value is -2.49. The number of para-hydroxylation sites is 1. The predicted octanol–water partition coefficient (Wildman–Crippen LogP) is 6.06. The van der Waals surface area contributed by atoms with Gasteiger partial charge in [0.05, 0.1) is 17.9 Å². The molecule has 146 valence electrons. The van der Waals surface area contributed by atoms with Gasteiger partial charge in [0.25, 0.3) is 0 Å². The highest BCUT2D eigenvalue weighted by atomic mass is 16.5.